The third-order valence-corrected chi connectivity index (χ3v) is 2.64. The Hall–Kier alpha value is -1.79. The summed E-state index contributed by atoms with van der Waals surface area (Å²) < 4.78 is 43.1. The van der Waals surface area contributed by atoms with Crippen LogP contribution < -0.4 is 10.5 Å². The number of hydrogen-bond donors (Lipinski definition) is 1. The Kier molecular flexibility index (Phi) is 4.07. The van der Waals surface area contributed by atoms with Crippen LogP contribution >= 0.6 is 0 Å². The molecule has 0 aliphatic heterocycles. The van der Waals surface area contributed by atoms with Crippen molar-refractivity contribution in [2.75, 3.05) is 0 Å². The van der Waals surface area contributed by atoms with E-state index >= 15 is 0 Å². The first-order valence-corrected chi connectivity index (χ1v) is 5.64. The van der Waals surface area contributed by atoms with Gasteiger partial charge in [-0.3, -0.25) is 4.79 Å². The van der Waals surface area contributed by atoms with Crippen LogP contribution in [-0.4, -0.2) is 16.5 Å². The van der Waals surface area contributed by atoms with Crippen molar-refractivity contribution in [2.45, 2.75) is 39.0 Å². The Morgan fingerprint density at radius 1 is 1.37 bits per heavy atom. The second-order valence-electron chi connectivity index (χ2n) is 4.63. The summed E-state index contributed by atoms with van der Waals surface area (Å²) >= 11 is 0. The van der Waals surface area contributed by atoms with E-state index in [4.69, 9.17) is 10.5 Å². The molecule has 1 aromatic rings. The highest BCUT2D eigenvalue weighted by Crippen LogP contribution is 2.31. The van der Waals surface area contributed by atoms with Crippen LogP contribution in [0.25, 0.3) is 0 Å². The van der Waals surface area contributed by atoms with Gasteiger partial charge in [-0.15, -0.1) is 0 Å². The fourth-order valence-electron chi connectivity index (χ4n) is 1.20. The Labute approximate surface area is 108 Å². The van der Waals surface area contributed by atoms with Crippen LogP contribution in [0.2, 0.25) is 0 Å². The first-order valence-electron chi connectivity index (χ1n) is 5.64. The number of halogens is 3. The first-order chi connectivity index (χ1) is 8.57. The summed E-state index contributed by atoms with van der Waals surface area (Å²) in [4.78, 5) is 14.5. The number of hydrogen-bond acceptors (Lipinski definition) is 3. The number of ether oxygens (including phenoxy) is 1. The number of aromatic nitrogens is 1. The number of nitrogens with zero attached hydrogens (tertiary/aromatic N) is 1. The SMILES string of the molecule is CCC(C)(C)Oc1nc(C(F)(F)F)ccc1C(N)=O. The Bertz CT molecular complexity index is 484. The Balaban J connectivity index is 3.28. The van der Waals surface area contributed by atoms with E-state index in [0.29, 0.717) is 12.5 Å². The first kappa shape index (κ1) is 15.3. The molecule has 7 heteroatoms. The van der Waals surface area contributed by atoms with Crippen molar-refractivity contribution in [1.29, 1.82) is 0 Å². The van der Waals surface area contributed by atoms with Crippen LogP contribution in [0.1, 0.15) is 43.2 Å². The van der Waals surface area contributed by atoms with E-state index < -0.39 is 29.3 Å². The third kappa shape index (κ3) is 3.84. The minimum absolute atomic E-state index is 0.172. The molecule has 0 bridgehead atoms. The number of primary amides is 1. The Morgan fingerprint density at radius 3 is 2.37 bits per heavy atom. The van der Waals surface area contributed by atoms with Gasteiger partial charge in [0.15, 0.2) is 0 Å². The van der Waals surface area contributed by atoms with Gasteiger partial charge in [-0.05, 0) is 32.4 Å². The average Bonchev–Trinajstić information content (AvgIpc) is 2.27. The molecule has 2 N–H and O–H groups in total. The highest BCUT2D eigenvalue weighted by Gasteiger charge is 2.34. The van der Waals surface area contributed by atoms with E-state index in [9.17, 15) is 18.0 Å². The third-order valence-electron chi connectivity index (χ3n) is 2.64. The molecule has 1 heterocycles. The van der Waals surface area contributed by atoms with Crippen LogP contribution in [0.5, 0.6) is 5.88 Å². The molecule has 4 nitrogen and oxygen atoms in total. The maximum atomic E-state index is 12.6. The quantitative estimate of drug-likeness (QED) is 0.919. The molecule has 0 unspecified atom stereocenters. The number of rotatable bonds is 4. The molecule has 1 amide bonds. The zero-order chi connectivity index (χ0) is 14.8. The maximum absolute atomic E-state index is 12.6. The monoisotopic (exact) mass is 276 g/mol. The molecule has 0 radical (unpaired) electrons. The van der Waals surface area contributed by atoms with Gasteiger partial charge in [0.05, 0.1) is 0 Å². The minimum atomic E-state index is -4.61. The molecule has 0 saturated heterocycles. The molecule has 106 valence electrons. The largest absolute Gasteiger partial charge is 0.471 e. The maximum Gasteiger partial charge on any atom is 0.433 e. The molecule has 19 heavy (non-hydrogen) atoms. The van der Waals surface area contributed by atoms with Gasteiger partial charge in [-0.2, -0.15) is 13.2 Å². The highest BCUT2D eigenvalue weighted by molar-refractivity contribution is 5.95. The van der Waals surface area contributed by atoms with Crippen molar-refractivity contribution in [1.82, 2.24) is 4.98 Å². The van der Waals surface area contributed by atoms with Crippen molar-refractivity contribution in [2.24, 2.45) is 5.73 Å². The summed E-state index contributed by atoms with van der Waals surface area (Å²) in [5, 5.41) is 0. The van der Waals surface area contributed by atoms with E-state index in [1.54, 1.807) is 20.8 Å². The predicted octanol–water partition coefficient (Wildman–Crippen LogP) is 2.77. The average molecular weight is 276 g/mol. The van der Waals surface area contributed by atoms with Crippen molar-refractivity contribution in [3.8, 4) is 5.88 Å². The predicted molar refractivity (Wildman–Crippen MR) is 62.8 cm³/mol. The molecule has 0 saturated carbocycles. The molecular weight excluding hydrogens is 261 g/mol. The summed E-state index contributed by atoms with van der Waals surface area (Å²) in [5.41, 5.74) is 3.05. The van der Waals surface area contributed by atoms with Crippen LogP contribution in [0.15, 0.2) is 12.1 Å². The van der Waals surface area contributed by atoms with Crippen molar-refractivity contribution >= 4 is 5.91 Å². The lowest BCUT2D eigenvalue weighted by Crippen LogP contribution is -2.29. The second kappa shape index (κ2) is 5.07. The van der Waals surface area contributed by atoms with Crippen LogP contribution in [0, 0.1) is 0 Å². The molecule has 0 aromatic carbocycles. The standard InChI is InChI=1S/C12H15F3N2O2/c1-4-11(2,3)19-10-7(9(16)18)5-6-8(17-10)12(13,14)15/h5-6H,4H2,1-3H3,(H2,16,18). The zero-order valence-electron chi connectivity index (χ0n) is 10.8. The lowest BCUT2D eigenvalue weighted by molar-refractivity contribution is -0.141. The van der Waals surface area contributed by atoms with Gasteiger partial charge >= 0.3 is 6.18 Å². The van der Waals surface area contributed by atoms with Crippen LogP contribution in [0.3, 0.4) is 0 Å². The number of alkyl halides is 3. The van der Waals surface area contributed by atoms with Crippen LogP contribution in [0.4, 0.5) is 13.2 Å². The normalized spacial score (nSPS) is 12.3. The van der Waals surface area contributed by atoms with Crippen molar-refractivity contribution in [3.05, 3.63) is 23.4 Å². The van der Waals surface area contributed by atoms with Crippen molar-refractivity contribution in [3.63, 3.8) is 0 Å². The molecule has 0 fully saturated rings. The van der Waals surface area contributed by atoms with Gasteiger partial charge in [0.1, 0.15) is 16.9 Å². The highest BCUT2D eigenvalue weighted by atomic mass is 19.4. The van der Waals surface area contributed by atoms with Gasteiger partial charge in [-0.1, -0.05) is 6.92 Å². The van der Waals surface area contributed by atoms with E-state index in [1.807, 2.05) is 0 Å². The number of pyridine rings is 1. The summed E-state index contributed by atoms with van der Waals surface area (Å²) in [7, 11) is 0. The topological polar surface area (TPSA) is 65.2 Å². The van der Waals surface area contributed by atoms with Gasteiger partial charge in [0.2, 0.25) is 5.88 Å². The number of carbonyl (C=O) groups is 1. The molecule has 1 rings (SSSR count). The van der Waals surface area contributed by atoms with E-state index in [0.717, 1.165) is 6.07 Å². The van der Waals surface area contributed by atoms with E-state index in [2.05, 4.69) is 4.98 Å². The minimum Gasteiger partial charge on any atom is -0.471 e. The van der Waals surface area contributed by atoms with Gasteiger partial charge in [0, 0.05) is 0 Å². The molecule has 0 spiro atoms. The zero-order valence-corrected chi connectivity index (χ0v) is 10.8. The Morgan fingerprint density at radius 2 is 1.95 bits per heavy atom. The lowest BCUT2D eigenvalue weighted by atomic mass is 10.1. The summed E-state index contributed by atoms with van der Waals surface area (Å²) in [6.45, 7) is 5.16. The van der Waals surface area contributed by atoms with E-state index in [-0.39, 0.29) is 5.56 Å². The molecular formula is C12H15F3N2O2. The summed E-state index contributed by atoms with van der Waals surface area (Å²) in [6, 6.07) is 1.67. The molecule has 0 aliphatic carbocycles. The van der Waals surface area contributed by atoms with Gasteiger partial charge in [-0.25, -0.2) is 4.98 Å². The second-order valence-corrected chi connectivity index (χ2v) is 4.63. The fraction of sp³-hybridized carbons (Fsp3) is 0.500. The smallest absolute Gasteiger partial charge is 0.433 e. The molecule has 1 aromatic heterocycles. The van der Waals surface area contributed by atoms with Gasteiger partial charge in [0.25, 0.3) is 5.91 Å². The fourth-order valence-corrected chi connectivity index (χ4v) is 1.20. The molecule has 0 atom stereocenters. The number of nitrogens with two attached hydrogens (primary N) is 1. The van der Waals surface area contributed by atoms with Gasteiger partial charge < -0.3 is 10.5 Å². The van der Waals surface area contributed by atoms with Crippen molar-refractivity contribution < 1.29 is 22.7 Å². The summed E-state index contributed by atoms with van der Waals surface area (Å²) in [6.07, 6.45) is -4.08. The summed E-state index contributed by atoms with van der Waals surface area (Å²) in [5.74, 6) is -1.28. The number of carbonyl (C=O) groups excluding carboxylic acids is 1. The van der Waals surface area contributed by atoms with Crippen LogP contribution in [-0.2, 0) is 6.18 Å². The molecule has 0 aliphatic rings. The lowest BCUT2D eigenvalue weighted by Gasteiger charge is -2.25. The number of amides is 1. The van der Waals surface area contributed by atoms with E-state index in [1.165, 1.54) is 0 Å².